The molecule has 0 aromatic heterocycles. The van der Waals surface area contributed by atoms with E-state index in [1.807, 2.05) is 20.8 Å². The fourth-order valence-corrected chi connectivity index (χ4v) is 4.27. The van der Waals surface area contributed by atoms with Gasteiger partial charge in [0.05, 0.1) is 18.2 Å². The van der Waals surface area contributed by atoms with Crippen molar-refractivity contribution in [3.63, 3.8) is 0 Å². The van der Waals surface area contributed by atoms with E-state index < -0.39 is 25.6 Å². The fourth-order valence-electron chi connectivity index (χ4n) is 2.93. The summed E-state index contributed by atoms with van der Waals surface area (Å²) in [7, 11) is -2.00. The third kappa shape index (κ3) is 5.42. The molecule has 6 nitrogen and oxygen atoms in total. The summed E-state index contributed by atoms with van der Waals surface area (Å²) in [6.45, 7) is 16.4. The first kappa shape index (κ1) is 22.4. The number of carbonyl (C=O) groups is 1. The minimum Gasteiger partial charge on any atom is -0.444 e. The van der Waals surface area contributed by atoms with E-state index in [0.29, 0.717) is 19.4 Å². The molecule has 2 N–H and O–H groups in total. The largest absolute Gasteiger partial charge is 0.444 e. The summed E-state index contributed by atoms with van der Waals surface area (Å²) in [5, 5.41) is 19.6. The highest BCUT2D eigenvalue weighted by molar-refractivity contribution is 6.74. The van der Waals surface area contributed by atoms with Crippen LogP contribution in [-0.4, -0.2) is 66.5 Å². The van der Waals surface area contributed by atoms with E-state index in [1.165, 1.54) is 0 Å². The molecule has 1 aliphatic rings. The lowest BCUT2D eigenvalue weighted by atomic mass is 9.93. The highest BCUT2D eigenvalue weighted by atomic mass is 28.4. The quantitative estimate of drug-likeness (QED) is 0.722. The molecule has 2 atom stereocenters. The number of carbonyl (C=O) groups excluding carboxylic acids is 1. The van der Waals surface area contributed by atoms with Gasteiger partial charge in [0.2, 0.25) is 0 Å². The standard InChI is InChI=1S/C18H37NO5Si/c1-16(2,3)23-15(22)19-12-14(11-18(19,13-21)9-10-20)24-25(7,8)17(4,5)6/h14,20-21H,9-13H2,1-8H3/t14-,18-/m1/s1. The number of nitrogens with zero attached hydrogens (tertiary/aromatic N) is 1. The number of amides is 1. The first-order valence-corrected chi connectivity index (χ1v) is 12.0. The smallest absolute Gasteiger partial charge is 0.410 e. The Bertz CT molecular complexity index is 469. The molecule has 25 heavy (non-hydrogen) atoms. The normalized spacial score (nSPS) is 25.4. The molecule has 1 saturated heterocycles. The second-order valence-electron chi connectivity index (χ2n) is 9.65. The van der Waals surface area contributed by atoms with Gasteiger partial charge in [0.15, 0.2) is 8.32 Å². The van der Waals surface area contributed by atoms with Crippen molar-refractivity contribution in [3.05, 3.63) is 0 Å². The summed E-state index contributed by atoms with van der Waals surface area (Å²) in [6.07, 6.45) is 0.194. The fraction of sp³-hybridized carbons (Fsp3) is 0.944. The van der Waals surface area contributed by atoms with Gasteiger partial charge in [-0.15, -0.1) is 0 Å². The van der Waals surface area contributed by atoms with E-state index in [4.69, 9.17) is 9.16 Å². The molecule has 1 fully saturated rings. The molecule has 0 bridgehead atoms. The molecule has 1 heterocycles. The molecule has 0 saturated carbocycles. The summed E-state index contributed by atoms with van der Waals surface area (Å²) >= 11 is 0. The maximum atomic E-state index is 12.7. The molecule has 0 aromatic rings. The Kier molecular flexibility index (Phi) is 6.76. The lowest BCUT2D eigenvalue weighted by Crippen LogP contribution is -2.52. The third-order valence-corrected chi connectivity index (χ3v) is 9.85. The second kappa shape index (κ2) is 7.54. The van der Waals surface area contributed by atoms with Crippen LogP contribution in [0, 0.1) is 0 Å². The summed E-state index contributed by atoms with van der Waals surface area (Å²) in [6, 6.07) is 0. The molecule has 1 rings (SSSR count). The SMILES string of the molecule is CC(C)(C)OC(=O)N1C[C@H](O[Si](C)(C)C(C)(C)C)C[C@@]1(CO)CCO. The van der Waals surface area contributed by atoms with E-state index in [0.717, 1.165) is 0 Å². The van der Waals surface area contributed by atoms with Crippen LogP contribution in [0.3, 0.4) is 0 Å². The highest BCUT2D eigenvalue weighted by Gasteiger charge is 2.51. The van der Waals surface area contributed by atoms with Crippen molar-refractivity contribution in [1.29, 1.82) is 0 Å². The van der Waals surface area contributed by atoms with Crippen LogP contribution in [0.2, 0.25) is 18.1 Å². The summed E-state index contributed by atoms with van der Waals surface area (Å²) in [5.74, 6) is 0. The minimum atomic E-state index is -2.00. The molecule has 0 aromatic carbocycles. The van der Waals surface area contributed by atoms with Crippen LogP contribution in [0.4, 0.5) is 4.79 Å². The zero-order valence-electron chi connectivity index (χ0n) is 17.2. The van der Waals surface area contributed by atoms with Gasteiger partial charge in [-0.2, -0.15) is 0 Å². The predicted octanol–water partition coefficient (Wildman–Crippen LogP) is 3.13. The van der Waals surface area contributed by atoms with Crippen LogP contribution in [-0.2, 0) is 9.16 Å². The van der Waals surface area contributed by atoms with Gasteiger partial charge < -0.3 is 19.4 Å². The summed E-state index contributed by atoms with van der Waals surface area (Å²) < 4.78 is 12.0. The first-order chi connectivity index (χ1) is 11.2. The van der Waals surface area contributed by atoms with Gasteiger partial charge in [-0.3, -0.25) is 4.90 Å². The average Bonchev–Trinajstić information content (AvgIpc) is 2.74. The summed E-state index contributed by atoms with van der Waals surface area (Å²) in [5.41, 5.74) is -1.44. The van der Waals surface area contributed by atoms with Crippen molar-refractivity contribution in [2.45, 2.75) is 89.8 Å². The summed E-state index contributed by atoms with van der Waals surface area (Å²) in [4.78, 5) is 14.2. The van der Waals surface area contributed by atoms with Crippen molar-refractivity contribution in [2.24, 2.45) is 0 Å². The number of aliphatic hydroxyl groups excluding tert-OH is 2. The Morgan fingerprint density at radius 1 is 1.20 bits per heavy atom. The number of rotatable bonds is 5. The molecule has 0 unspecified atom stereocenters. The molecule has 1 aliphatic heterocycles. The number of aliphatic hydroxyl groups is 2. The first-order valence-electron chi connectivity index (χ1n) is 9.08. The molecule has 0 radical (unpaired) electrons. The Labute approximate surface area is 153 Å². The molecular formula is C18H37NO5Si. The lowest BCUT2D eigenvalue weighted by Gasteiger charge is -2.38. The van der Waals surface area contributed by atoms with Crippen LogP contribution in [0.5, 0.6) is 0 Å². The topological polar surface area (TPSA) is 79.2 Å². The number of likely N-dealkylation sites (tertiary alicyclic amines) is 1. The lowest BCUT2D eigenvalue weighted by molar-refractivity contribution is -0.0108. The maximum absolute atomic E-state index is 12.7. The Hall–Kier alpha value is -0.633. The van der Waals surface area contributed by atoms with Crippen molar-refractivity contribution >= 4 is 14.4 Å². The van der Waals surface area contributed by atoms with Crippen molar-refractivity contribution in [3.8, 4) is 0 Å². The monoisotopic (exact) mass is 375 g/mol. The van der Waals surface area contributed by atoms with Gasteiger partial charge in [0.1, 0.15) is 5.60 Å². The number of hydrogen-bond acceptors (Lipinski definition) is 5. The zero-order valence-corrected chi connectivity index (χ0v) is 18.2. The van der Waals surface area contributed by atoms with E-state index in [-0.39, 0.29) is 24.4 Å². The van der Waals surface area contributed by atoms with Crippen LogP contribution >= 0.6 is 0 Å². The van der Waals surface area contributed by atoms with E-state index in [1.54, 1.807) is 4.90 Å². The van der Waals surface area contributed by atoms with Crippen LogP contribution in [0.15, 0.2) is 0 Å². The molecular weight excluding hydrogens is 338 g/mol. The minimum absolute atomic E-state index is 0.0607. The van der Waals surface area contributed by atoms with E-state index >= 15 is 0 Å². The molecule has 0 aliphatic carbocycles. The van der Waals surface area contributed by atoms with Gasteiger partial charge >= 0.3 is 6.09 Å². The van der Waals surface area contributed by atoms with Gasteiger partial charge in [-0.05, 0) is 51.7 Å². The number of ether oxygens (including phenoxy) is 1. The zero-order chi connectivity index (χ0) is 19.7. The van der Waals surface area contributed by atoms with Gasteiger partial charge in [-0.1, -0.05) is 20.8 Å². The van der Waals surface area contributed by atoms with Gasteiger partial charge in [-0.25, -0.2) is 4.79 Å². The Morgan fingerprint density at radius 2 is 1.76 bits per heavy atom. The van der Waals surface area contributed by atoms with E-state index in [9.17, 15) is 15.0 Å². The molecule has 0 spiro atoms. The average molecular weight is 376 g/mol. The molecule has 148 valence electrons. The van der Waals surface area contributed by atoms with Crippen LogP contribution in [0.1, 0.15) is 54.4 Å². The van der Waals surface area contributed by atoms with E-state index in [2.05, 4.69) is 33.9 Å². The second-order valence-corrected chi connectivity index (χ2v) is 14.4. The molecule has 7 heteroatoms. The number of hydrogen-bond donors (Lipinski definition) is 2. The van der Waals surface area contributed by atoms with Gasteiger partial charge in [0, 0.05) is 13.2 Å². The van der Waals surface area contributed by atoms with Crippen molar-refractivity contribution < 1.29 is 24.2 Å². The van der Waals surface area contributed by atoms with Crippen molar-refractivity contribution in [1.82, 2.24) is 4.90 Å². The Balaban J connectivity index is 3.04. The predicted molar refractivity (Wildman–Crippen MR) is 101 cm³/mol. The third-order valence-electron chi connectivity index (χ3n) is 5.32. The van der Waals surface area contributed by atoms with Crippen molar-refractivity contribution in [2.75, 3.05) is 19.8 Å². The van der Waals surface area contributed by atoms with Crippen LogP contribution < -0.4 is 0 Å². The van der Waals surface area contributed by atoms with Crippen LogP contribution in [0.25, 0.3) is 0 Å². The highest BCUT2D eigenvalue weighted by Crippen LogP contribution is 2.41. The Morgan fingerprint density at radius 3 is 2.16 bits per heavy atom. The maximum Gasteiger partial charge on any atom is 0.410 e. The molecule has 1 amide bonds. The van der Waals surface area contributed by atoms with Gasteiger partial charge in [0.25, 0.3) is 0 Å².